The normalized spacial score (nSPS) is 14.4. The summed E-state index contributed by atoms with van der Waals surface area (Å²) in [4.78, 5) is 14.7. The molecule has 1 heterocycles. The van der Waals surface area contributed by atoms with Crippen molar-refractivity contribution < 1.29 is 14.6 Å². The first-order valence-corrected chi connectivity index (χ1v) is 7.42. The van der Waals surface area contributed by atoms with Crippen molar-refractivity contribution in [3.63, 3.8) is 0 Å². The molecule has 0 radical (unpaired) electrons. The van der Waals surface area contributed by atoms with E-state index in [1.165, 1.54) is 7.11 Å². The summed E-state index contributed by atoms with van der Waals surface area (Å²) in [6, 6.07) is 13.3. The number of aryl methyl sites for hydroxylation is 1. The molecule has 3 rings (SSSR count). The third kappa shape index (κ3) is 2.77. The van der Waals surface area contributed by atoms with Gasteiger partial charge in [-0.25, -0.2) is 0 Å². The van der Waals surface area contributed by atoms with Gasteiger partial charge in [-0.1, -0.05) is 30.3 Å². The third-order valence-corrected chi connectivity index (χ3v) is 4.01. The van der Waals surface area contributed by atoms with Crippen LogP contribution in [0.4, 0.5) is 0 Å². The number of nitrogens with zero attached hydrogens (tertiary/aromatic N) is 1. The van der Waals surface area contributed by atoms with E-state index in [1.54, 1.807) is 12.1 Å². The zero-order chi connectivity index (χ0) is 15.5. The number of hydrogen-bond acceptors (Lipinski definition) is 3. The number of carbonyl (C=O) groups excluding carboxylic acids is 1. The number of amides is 1. The summed E-state index contributed by atoms with van der Waals surface area (Å²) in [5.41, 5.74) is 2.63. The molecule has 1 aliphatic heterocycles. The molecule has 0 saturated heterocycles. The van der Waals surface area contributed by atoms with Crippen LogP contribution in [-0.4, -0.2) is 29.6 Å². The highest BCUT2D eigenvalue weighted by molar-refractivity contribution is 5.96. The predicted molar refractivity (Wildman–Crippen MR) is 84.2 cm³/mol. The first-order chi connectivity index (χ1) is 10.7. The fourth-order valence-electron chi connectivity index (χ4n) is 2.87. The van der Waals surface area contributed by atoms with Gasteiger partial charge in [0.1, 0.15) is 0 Å². The number of carbonyl (C=O) groups is 1. The number of rotatable bonds is 3. The van der Waals surface area contributed by atoms with Gasteiger partial charge in [-0.15, -0.1) is 0 Å². The Labute approximate surface area is 130 Å². The van der Waals surface area contributed by atoms with Gasteiger partial charge in [-0.2, -0.15) is 0 Å². The Hall–Kier alpha value is -2.49. The lowest BCUT2D eigenvalue weighted by atomic mass is 10.0. The van der Waals surface area contributed by atoms with Crippen molar-refractivity contribution in [2.24, 2.45) is 0 Å². The number of methoxy groups -OCH3 is 1. The molecule has 4 nitrogen and oxygen atoms in total. The molecule has 0 saturated carbocycles. The zero-order valence-electron chi connectivity index (χ0n) is 12.6. The summed E-state index contributed by atoms with van der Waals surface area (Å²) >= 11 is 0. The van der Waals surface area contributed by atoms with Crippen LogP contribution >= 0.6 is 0 Å². The molecule has 2 aromatic carbocycles. The Morgan fingerprint density at radius 2 is 2.00 bits per heavy atom. The predicted octanol–water partition coefficient (Wildman–Crippen LogP) is 2.99. The average Bonchev–Trinajstić information content (AvgIpc) is 2.67. The molecule has 114 valence electrons. The maximum Gasteiger partial charge on any atom is 0.254 e. The van der Waals surface area contributed by atoms with Gasteiger partial charge in [-0.3, -0.25) is 4.79 Å². The van der Waals surface area contributed by atoms with E-state index in [1.807, 2.05) is 35.2 Å². The van der Waals surface area contributed by atoms with Crippen molar-refractivity contribution >= 4 is 5.91 Å². The van der Waals surface area contributed by atoms with Crippen LogP contribution in [0.2, 0.25) is 0 Å². The highest BCUT2D eigenvalue weighted by atomic mass is 16.5. The van der Waals surface area contributed by atoms with E-state index < -0.39 is 0 Å². The minimum Gasteiger partial charge on any atom is -0.504 e. The van der Waals surface area contributed by atoms with E-state index in [4.69, 9.17) is 4.74 Å². The van der Waals surface area contributed by atoms with Gasteiger partial charge in [0, 0.05) is 18.7 Å². The van der Waals surface area contributed by atoms with Gasteiger partial charge in [0.05, 0.1) is 7.11 Å². The van der Waals surface area contributed by atoms with Crippen molar-refractivity contribution in [2.75, 3.05) is 13.7 Å². The second kappa shape index (κ2) is 6.10. The van der Waals surface area contributed by atoms with Crippen molar-refractivity contribution in [1.82, 2.24) is 4.90 Å². The molecule has 0 aliphatic carbocycles. The summed E-state index contributed by atoms with van der Waals surface area (Å²) in [7, 11) is 1.49. The molecular weight excluding hydrogens is 278 g/mol. The molecule has 1 N–H and O–H groups in total. The molecule has 0 fully saturated rings. The van der Waals surface area contributed by atoms with Gasteiger partial charge < -0.3 is 14.7 Å². The Bertz CT molecular complexity index is 682. The lowest BCUT2D eigenvalue weighted by Crippen LogP contribution is -2.30. The maximum absolute atomic E-state index is 12.8. The van der Waals surface area contributed by atoms with Crippen molar-refractivity contribution in [3.8, 4) is 11.5 Å². The molecule has 4 heteroatoms. The van der Waals surface area contributed by atoms with Crippen LogP contribution in [-0.2, 0) is 13.0 Å². The second-order valence-corrected chi connectivity index (χ2v) is 5.50. The van der Waals surface area contributed by atoms with Gasteiger partial charge in [0.15, 0.2) is 11.5 Å². The lowest BCUT2D eigenvalue weighted by Gasteiger charge is -2.21. The van der Waals surface area contributed by atoms with Gasteiger partial charge in [0.25, 0.3) is 5.91 Å². The number of fused-ring (bicyclic) bond motifs is 1. The average molecular weight is 297 g/mol. The standard InChI is InChI=1S/C18H19NO3/c1-22-17-11-15-14(10-16(17)20)8-5-9-19(18(15)21)12-13-6-3-2-4-7-13/h2-4,6-7,10-11,20H,5,8-9,12H2,1H3. The Kier molecular flexibility index (Phi) is 4.00. The minimum atomic E-state index is -0.00495. The van der Waals surface area contributed by atoms with Crippen LogP contribution in [0, 0.1) is 0 Å². The number of phenols is 1. The summed E-state index contributed by atoms with van der Waals surface area (Å²) in [6.45, 7) is 1.31. The quantitative estimate of drug-likeness (QED) is 0.947. The molecule has 22 heavy (non-hydrogen) atoms. The lowest BCUT2D eigenvalue weighted by molar-refractivity contribution is 0.0748. The highest BCUT2D eigenvalue weighted by Gasteiger charge is 2.24. The molecule has 0 atom stereocenters. The summed E-state index contributed by atoms with van der Waals surface area (Å²) in [6.07, 6.45) is 1.67. The monoisotopic (exact) mass is 297 g/mol. The Morgan fingerprint density at radius 3 is 2.73 bits per heavy atom. The highest BCUT2D eigenvalue weighted by Crippen LogP contribution is 2.32. The molecular formula is C18H19NO3. The molecule has 0 aromatic heterocycles. The van der Waals surface area contributed by atoms with E-state index in [-0.39, 0.29) is 11.7 Å². The zero-order valence-corrected chi connectivity index (χ0v) is 12.6. The molecule has 1 amide bonds. The number of ether oxygens (including phenoxy) is 1. The summed E-state index contributed by atoms with van der Waals surface area (Å²) in [5.74, 6) is 0.425. The van der Waals surface area contributed by atoms with Crippen molar-refractivity contribution in [1.29, 1.82) is 0 Å². The third-order valence-electron chi connectivity index (χ3n) is 4.01. The van der Waals surface area contributed by atoms with Crippen LogP contribution in [0.3, 0.4) is 0 Å². The van der Waals surface area contributed by atoms with E-state index >= 15 is 0 Å². The van der Waals surface area contributed by atoms with Crippen molar-refractivity contribution in [3.05, 3.63) is 59.2 Å². The molecule has 1 aliphatic rings. The maximum atomic E-state index is 12.8. The molecule has 0 bridgehead atoms. The smallest absolute Gasteiger partial charge is 0.254 e. The fourth-order valence-corrected chi connectivity index (χ4v) is 2.87. The second-order valence-electron chi connectivity index (χ2n) is 5.50. The minimum absolute atomic E-state index is 0.00495. The van der Waals surface area contributed by atoms with Gasteiger partial charge in [0.2, 0.25) is 0 Å². The number of aromatic hydroxyl groups is 1. The molecule has 0 unspecified atom stereocenters. The Balaban J connectivity index is 1.92. The first kappa shape index (κ1) is 14.4. The van der Waals surface area contributed by atoms with Crippen molar-refractivity contribution in [2.45, 2.75) is 19.4 Å². The SMILES string of the molecule is COc1cc2c(cc1O)CCCN(Cc1ccccc1)C2=O. The summed E-state index contributed by atoms with van der Waals surface area (Å²) in [5, 5.41) is 9.90. The van der Waals surface area contributed by atoms with E-state index in [2.05, 4.69) is 0 Å². The van der Waals surface area contributed by atoms with Gasteiger partial charge in [-0.05, 0) is 36.1 Å². The topological polar surface area (TPSA) is 49.8 Å². The van der Waals surface area contributed by atoms with Crippen LogP contribution < -0.4 is 4.74 Å². The van der Waals surface area contributed by atoms with Crippen LogP contribution in [0.25, 0.3) is 0 Å². The van der Waals surface area contributed by atoms with E-state index in [0.717, 1.165) is 24.0 Å². The van der Waals surface area contributed by atoms with Crippen LogP contribution in [0.5, 0.6) is 11.5 Å². The largest absolute Gasteiger partial charge is 0.504 e. The van der Waals surface area contributed by atoms with E-state index in [9.17, 15) is 9.90 Å². The molecule has 2 aromatic rings. The number of phenolic OH excluding ortho intramolecular Hbond substituents is 1. The molecule has 0 spiro atoms. The van der Waals surface area contributed by atoms with Gasteiger partial charge >= 0.3 is 0 Å². The first-order valence-electron chi connectivity index (χ1n) is 7.42. The summed E-state index contributed by atoms with van der Waals surface area (Å²) < 4.78 is 5.13. The van der Waals surface area contributed by atoms with E-state index in [0.29, 0.717) is 24.4 Å². The van der Waals surface area contributed by atoms with Crippen LogP contribution in [0.1, 0.15) is 27.9 Å². The van der Waals surface area contributed by atoms with Crippen LogP contribution in [0.15, 0.2) is 42.5 Å². The number of hydrogen-bond donors (Lipinski definition) is 1. The number of benzene rings is 2. The fraction of sp³-hybridized carbons (Fsp3) is 0.278. The Morgan fingerprint density at radius 1 is 1.23 bits per heavy atom.